The molecule has 72 heavy (non-hydrogen) atoms. The highest BCUT2D eigenvalue weighted by Crippen LogP contribution is 2.56. The summed E-state index contributed by atoms with van der Waals surface area (Å²) >= 11 is 0. The van der Waals surface area contributed by atoms with Crippen molar-refractivity contribution >= 4 is 0 Å². The largest absolute Gasteiger partial charge is 0.0776 e. The van der Waals surface area contributed by atoms with E-state index in [1.807, 2.05) is 0 Å². The van der Waals surface area contributed by atoms with E-state index in [0.717, 1.165) is 0 Å². The second-order valence-corrected chi connectivity index (χ2v) is 26.9. The van der Waals surface area contributed by atoms with Gasteiger partial charge in [0.1, 0.15) is 0 Å². The van der Waals surface area contributed by atoms with Crippen LogP contribution in [0.4, 0.5) is 0 Å². The SMILES string of the molecule is C.C.CC(C)(C)c1ccc(C(C)(C)c2ccc(C(C)(C)C)cc2)cc1.CC(C)(C)c1ccc(C2(c3ccc(C(C)(C)C)cc3)c3ccccc3-c3ccccc32)cc1.CC(C)(C)c1cccc(C(C)(C)C)c1. The molecule has 0 aliphatic heterocycles. The summed E-state index contributed by atoms with van der Waals surface area (Å²) in [5.41, 5.74) is 20.1. The molecule has 1 aliphatic carbocycles. The Balaban J connectivity index is 0.000000252. The minimum atomic E-state index is -0.319. The van der Waals surface area contributed by atoms with Crippen LogP contribution >= 0.6 is 0 Å². The van der Waals surface area contributed by atoms with E-state index in [1.54, 1.807) is 0 Å². The smallest absolute Gasteiger partial charge is 0.0713 e. The molecular formula is C72H96. The molecule has 0 heteroatoms. The molecule has 0 heterocycles. The summed E-state index contributed by atoms with van der Waals surface area (Å²) in [5.74, 6) is 0. The summed E-state index contributed by atoms with van der Waals surface area (Å²) in [7, 11) is 0. The Morgan fingerprint density at radius 2 is 0.472 bits per heavy atom. The van der Waals surface area contributed by atoms with E-state index in [-0.39, 0.29) is 58.2 Å². The number of fused-ring (bicyclic) bond motifs is 3. The highest BCUT2D eigenvalue weighted by atomic mass is 14.5. The van der Waals surface area contributed by atoms with Crippen molar-refractivity contribution < 1.29 is 0 Å². The Morgan fingerprint density at radius 1 is 0.236 bits per heavy atom. The van der Waals surface area contributed by atoms with E-state index in [2.05, 4.69) is 308 Å². The fourth-order valence-corrected chi connectivity index (χ4v) is 9.86. The monoisotopic (exact) mass is 961 g/mol. The van der Waals surface area contributed by atoms with Crippen molar-refractivity contribution in [2.75, 3.05) is 0 Å². The van der Waals surface area contributed by atoms with Crippen molar-refractivity contribution in [3.8, 4) is 11.1 Å². The number of benzene rings is 7. The first-order chi connectivity index (χ1) is 32.3. The summed E-state index contributed by atoms with van der Waals surface area (Å²) in [6.45, 7) is 45.4. The second kappa shape index (κ2) is 21.6. The minimum absolute atomic E-state index is 0. The second-order valence-electron chi connectivity index (χ2n) is 26.9. The number of hydrogen-bond donors (Lipinski definition) is 0. The van der Waals surface area contributed by atoms with Gasteiger partial charge in [-0.05, 0) is 110 Å². The zero-order chi connectivity index (χ0) is 51.9. The van der Waals surface area contributed by atoms with Gasteiger partial charge in [-0.2, -0.15) is 0 Å². The Bertz CT molecular complexity index is 2620. The molecule has 8 rings (SSSR count). The standard InChI is InChI=1S/C33H34.C23H32.C14H22.2CH4/c1-31(2,3)23-15-19-25(20-16-23)33(26-21-17-24(18-22-26)32(4,5)6)29-13-9-7-11-27(29)28-12-8-10-14-30(28)33;1-21(2,3)17-9-13-19(14-10-17)23(7,8)20-15-11-18(12-16-20)22(4,5)6;1-13(2,3)11-8-7-9-12(10-11)14(4,5)6;;/h7-22H,1-6H3;9-16H,1-8H3;7-10H,1-6H3;2*1H4. The molecule has 0 saturated carbocycles. The third-order valence-electron chi connectivity index (χ3n) is 14.9. The van der Waals surface area contributed by atoms with Gasteiger partial charge >= 0.3 is 0 Å². The molecule has 0 saturated heterocycles. The van der Waals surface area contributed by atoms with Crippen LogP contribution in [0.15, 0.2) is 170 Å². The van der Waals surface area contributed by atoms with Gasteiger partial charge in [0.15, 0.2) is 0 Å². The van der Waals surface area contributed by atoms with Crippen LogP contribution in [-0.2, 0) is 43.3 Å². The molecule has 0 bridgehead atoms. The Labute approximate surface area is 442 Å². The van der Waals surface area contributed by atoms with Crippen molar-refractivity contribution in [2.45, 2.75) is 197 Å². The molecule has 0 nitrogen and oxygen atoms in total. The van der Waals surface area contributed by atoms with Crippen LogP contribution < -0.4 is 0 Å². The topological polar surface area (TPSA) is 0 Å². The highest BCUT2D eigenvalue weighted by molar-refractivity contribution is 5.86. The van der Waals surface area contributed by atoms with Crippen LogP contribution in [0.25, 0.3) is 11.1 Å². The molecule has 1 aliphatic rings. The summed E-state index contributed by atoms with van der Waals surface area (Å²) in [6.07, 6.45) is 0. The number of hydrogen-bond acceptors (Lipinski definition) is 0. The lowest BCUT2D eigenvalue weighted by molar-refractivity contribution is 0.568. The molecular weight excluding hydrogens is 865 g/mol. The summed E-state index contributed by atoms with van der Waals surface area (Å²) in [5, 5.41) is 0. The predicted octanol–water partition coefficient (Wildman–Crippen LogP) is 20.8. The van der Waals surface area contributed by atoms with Gasteiger partial charge in [-0.25, -0.2) is 0 Å². The maximum Gasteiger partial charge on any atom is 0.0713 e. The highest BCUT2D eigenvalue weighted by Gasteiger charge is 2.46. The van der Waals surface area contributed by atoms with Gasteiger partial charge in [0.25, 0.3) is 0 Å². The third kappa shape index (κ3) is 12.8. The first-order valence-electron chi connectivity index (χ1n) is 26.0. The normalized spacial score (nSPS) is 13.4. The van der Waals surface area contributed by atoms with Gasteiger partial charge in [-0.15, -0.1) is 0 Å². The molecule has 384 valence electrons. The van der Waals surface area contributed by atoms with Crippen molar-refractivity contribution in [1.29, 1.82) is 0 Å². The van der Waals surface area contributed by atoms with Crippen molar-refractivity contribution in [1.82, 2.24) is 0 Å². The Hall–Kier alpha value is -5.46. The van der Waals surface area contributed by atoms with E-state index >= 15 is 0 Å². The van der Waals surface area contributed by atoms with Gasteiger partial charge in [0.05, 0.1) is 5.41 Å². The summed E-state index contributed by atoms with van der Waals surface area (Å²) in [4.78, 5) is 0. The van der Waals surface area contributed by atoms with E-state index < -0.39 is 0 Å². The van der Waals surface area contributed by atoms with Crippen LogP contribution in [0.3, 0.4) is 0 Å². The van der Waals surface area contributed by atoms with E-state index in [1.165, 1.54) is 77.9 Å². The fourth-order valence-electron chi connectivity index (χ4n) is 9.86. The van der Waals surface area contributed by atoms with Crippen molar-refractivity contribution in [2.24, 2.45) is 0 Å². The lowest BCUT2D eigenvalue weighted by Crippen LogP contribution is -2.29. The molecule has 0 aromatic heterocycles. The van der Waals surface area contributed by atoms with Gasteiger partial charge < -0.3 is 0 Å². The first-order valence-corrected chi connectivity index (χ1v) is 26.0. The van der Waals surface area contributed by atoms with E-state index in [4.69, 9.17) is 0 Å². The van der Waals surface area contributed by atoms with Crippen LogP contribution in [0, 0.1) is 0 Å². The molecule has 0 amide bonds. The van der Waals surface area contributed by atoms with Gasteiger partial charge in [0, 0.05) is 5.41 Å². The Morgan fingerprint density at radius 3 is 0.736 bits per heavy atom. The first kappa shape index (κ1) is 59.1. The van der Waals surface area contributed by atoms with Gasteiger partial charge in [0.2, 0.25) is 0 Å². The van der Waals surface area contributed by atoms with E-state index in [9.17, 15) is 0 Å². The molecule has 0 atom stereocenters. The van der Waals surface area contributed by atoms with Crippen LogP contribution in [0.5, 0.6) is 0 Å². The fraction of sp³-hybridized carbons (Fsp3) is 0.417. The molecule has 0 fully saturated rings. The molecule has 0 unspecified atom stereocenters. The van der Waals surface area contributed by atoms with Crippen molar-refractivity contribution in [3.63, 3.8) is 0 Å². The maximum atomic E-state index is 2.36. The zero-order valence-corrected chi connectivity index (χ0v) is 47.2. The lowest BCUT2D eigenvalue weighted by atomic mass is 9.67. The van der Waals surface area contributed by atoms with Crippen LogP contribution in [0.2, 0.25) is 0 Å². The third-order valence-corrected chi connectivity index (χ3v) is 14.9. The molecule has 0 radical (unpaired) electrons. The molecule has 0 spiro atoms. The average Bonchev–Trinajstić information content (AvgIpc) is 3.59. The summed E-state index contributed by atoms with van der Waals surface area (Å²) in [6, 6.07) is 63.8. The molecule has 7 aromatic rings. The zero-order valence-electron chi connectivity index (χ0n) is 47.2. The Kier molecular flexibility index (Phi) is 17.7. The van der Waals surface area contributed by atoms with Crippen LogP contribution in [0.1, 0.15) is 220 Å². The van der Waals surface area contributed by atoms with Crippen molar-refractivity contribution in [3.05, 3.63) is 237 Å². The quantitative estimate of drug-likeness (QED) is 0.165. The molecule has 7 aromatic carbocycles. The van der Waals surface area contributed by atoms with E-state index in [0.29, 0.717) is 0 Å². The van der Waals surface area contributed by atoms with Gasteiger partial charge in [-0.1, -0.05) is 323 Å². The summed E-state index contributed by atoms with van der Waals surface area (Å²) < 4.78 is 0. The lowest BCUT2D eigenvalue weighted by Gasteiger charge is -2.35. The van der Waals surface area contributed by atoms with Gasteiger partial charge in [-0.3, -0.25) is 0 Å². The van der Waals surface area contributed by atoms with Crippen LogP contribution in [-0.4, -0.2) is 0 Å². The number of rotatable bonds is 4. The maximum absolute atomic E-state index is 2.36. The predicted molar refractivity (Wildman–Crippen MR) is 321 cm³/mol. The molecule has 0 N–H and O–H groups in total. The average molecular weight is 962 g/mol. The minimum Gasteiger partial charge on any atom is -0.0776 e.